The first-order valence-electron chi connectivity index (χ1n) is 8.28. The molecule has 126 valence electrons. The molecule has 1 amide bonds. The SMILES string of the molecule is Cc1cccc(C(=O)NCC2(c3cccc(Br)c3)CCOCC2)c1. The van der Waals surface area contributed by atoms with Gasteiger partial charge in [0.2, 0.25) is 0 Å². The molecule has 0 unspecified atom stereocenters. The van der Waals surface area contributed by atoms with Crippen LogP contribution < -0.4 is 5.32 Å². The van der Waals surface area contributed by atoms with Crippen LogP contribution in [0.2, 0.25) is 0 Å². The molecule has 1 fully saturated rings. The smallest absolute Gasteiger partial charge is 0.251 e. The minimum absolute atomic E-state index is 0.0143. The predicted octanol–water partition coefficient (Wildman–Crippen LogP) is 4.24. The van der Waals surface area contributed by atoms with Crippen molar-refractivity contribution in [2.75, 3.05) is 19.8 Å². The van der Waals surface area contributed by atoms with E-state index >= 15 is 0 Å². The maximum absolute atomic E-state index is 12.5. The molecular weight excluding hydrogens is 366 g/mol. The van der Waals surface area contributed by atoms with Gasteiger partial charge in [-0.1, -0.05) is 45.8 Å². The summed E-state index contributed by atoms with van der Waals surface area (Å²) in [6, 6.07) is 16.1. The Labute approximate surface area is 151 Å². The van der Waals surface area contributed by atoms with E-state index in [4.69, 9.17) is 4.74 Å². The van der Waals surface area contributed by atoms with Crippen molar-refractivity contribution in [3.05, 3.63) is 69.7 Å². The van der Waals surface area contributed by atoms with Gasteiger partial charge in [0, 0.05) is 35.2 Å². The molecule has 1 aliphatic rings. The molecule has 0 spiro atoms. The highest BCUT2D eigenvalue weighted by Crippen LogP contribution is 2.35. The van der Waals surface area contributed by atoms with Crippen LogP contribution in [0.15, 0.2) is 53.0 Å². The molecule has 1 saturated heterocycles. The van der Waals surface area contributed by atoms with Crippen molar-refractivity contribution in [1.29, 1.82) is 0 Å². The number of ether oxygens (including phenoxy) is 1. The number of hydrogen-bond donors (Lipinski definition) is 1. The summed E-state index contributed by atoms with van der Waals surface area (Å²) >= 11 is 3.56. The van der Waals surface area contributed by atoms with Gasteiger partial charge >= 0.3 is 0 Å². The molecule has 0 aromatic heterocycles. The molecule has 0 saturated carbocycles. The minimum atomic E-state index is -0.0679. The lowest BCUT2D eigenvalue weighted by Gasteiger charge is -2.38. The van der Waals surface area contributed by atoms with Gasteiger partial charge in [-0.05, 0) is 49.6 Å². The molecule has 1 N–H and O–H groups in total. The van der Waals surface area contributed by atoms with E-state index in [2.05, 4.69) is 39.4 Å². The van der Waals surface area contributed by atoms with Crippen molar-refractivity contribution >= 4 is 21.8 Å². The zero-order valence-corrected chi connectivity index (χ0v) is 15.4. The molecule has 0 radical (unpaired) electrons. The van der Waals surface area contributed by atoms with Crippen molar-refractivity contribution in [3.63, 3.8) is 0 Å². The zero-order valence-electron chi connectivity index (χ0n) is 13.8. The number of aryl methyl sites for hydroxylation is 1. The van der Waals surface area contributed by atoms with E-state index < -0.39 is 0 Å². The summed E-state index contributed by atoms with van der Waals surface area (Å²) in [7, 11) is 0. The molecule has 24 heavy (non-hydrogen) atoms. The van der Waals surface area contributed by atoms with Crippen LogP contribution in [0, 0.1) is 6.92 Å². The van der Waals surface area contributed by atoms with Crippen molar-refractivity contribution in [2.45, 2.75) is 25.2 Å². The number of halogens is 1. The van der Waals surface area contributed by atoms with E-state index in [1.807, 2.05) is 37.3 Å². The number of carbonyl (C=O) groups excluding carboxylic acids is 1. The highest BCUT2D eigenvalue weighted by molar-refractivity contribution is 9.10. The summed E-state index contributed by atoms with van der Waals surface area (Å²) in [5, 5.41) is 3.14. The minimum Gasteiger partial charge on any atom is -0.381 e. The quantitative estimate of drug-likeness (QED) is 0.851. The Bertz CT molecular complexity index is 723. The Morgan fingerprint density at radius 1 is 1.17 bits per heavy atom. The first-order valence-corrected chi connectivity index (χ1v) is 9.07. The van der Waals surface area contributed by atoms with E-state index in [1.165, 1.54) is 5.56 Å². The van der Waals surface area contributed by atoms with Gasteiger partial charge in [0.15, 0.2) is 0 Å². The van der Waals surface area contributed by atoms with Gasteiger partial charge in [-0.25, -0.2) is 0 Å². The number of amides is 1. The monoisotopic (exact) mass is 387 g/mol. The first-order chi connectivity index (χ1) is 11.6. The molecule has 2 aromatic rings. The molecule has 3 rings (SSSR count). The largest absolute Gasteiger partial charge is 0.381 e. The van der Waals surface area contributed by atoms with Crippen LogP contribution in [0.1, 0.15) is 34.3 Å². The average Bonchev–Trinajstić information content (AvgIpc) is 2.60. The third-order valence-electron chi connectivity index (χ3n) is 4.75. The fourth-order valence-corrected chi connectivity index (χ4v) is 3.69. The number of rotatable bonds is 4. The standard InChI is InChI=1S/C20H22BrNO2/c1-15-4-2-5-16(12-15)19(23)22-14-20(8-10-24-11-9-20)17-6-3-7-18(21)13-17/h2-7,12-13H,8-11,14H2,1H3,(H,22,23). The molecule has 4 heteroatoms. The summed E-state index contributed by atoms with van der Waals surface area (Å²) < 4.78 is 6.62. The van der Waals surface area contributed by atoms with Gasteiger partial charge in [0.25, 0.3) is 5.91 Å². The van der Waals surface area contributed by atoms with Gasteiger partial charge in [0.05, 0.1) is 0 Å². The van der Waals surface area contributed by atoms with Crippen LogP contribution >= 0.6 is 15.9 Å². The highest BCUT2D eigenvalue weighted by Gasteiger charge is 2.35. The number of carbonyl (C=O) groups is 1. The molecular formula is C20H22BrNO2. The van der Waals surface area contributed by atoms with Crippen LogP contribution in [0.3, 0.4) is 0 Å². The van der Waals surface area contributed by atoms with E-state index in [1.54, 1.807) is 0 Å². The topological polar surface area (TPSA) is 38.3 Å². The summed E-state index contributed by atoms with van der Waals surface area (Å²) in [6.45, 7) is 4.08. The molecule has 0 aliphatic carbocycles. The first kappa shape index (κ1) is 17.2. The Hall–Kier alpha value is -1.65. The zero-order chi connectivity index (χ0) is 17.0. The fraction of sp³-hybridized carbons (Fsp3) is 0.350. The van der Waals surface area contributed by atoms with E-state index in [-0.39, 0.29) is 11.3 Å². The Balaban J connectivity index is 1.79. The number of hydrogen-bond acceptors (Lipinski definition) is 2. The van der Waals surface area contributed by atoms with Gasteiger partial charge in [-0.15, -0.1) is 0 Å². The van der Waals surface area contributed by atoms with E-state index in [9.17, 15) is 4.79 Å². The van der Waals surface area contributed by atoms with Crippen LogP contribution in [0.4, 0.5) is 0 Å². The van der Waals surface area contributed by atoms with E-state index in [0.29, 0.717) is 12.1 Å². The summed E-state index contributed by atoms with van der Waals surface area (Å²) in [4.78, 5) is 12.5. The second-order valence-corrected chi connectivity index (χ2v) is 7.37. The van der Waals surface area contributed by atoms with Crippen LogP contribution in [-0.4, -0.2) is 25.7 Å². The second-order valence-electron chi connectivity index (χ2n) is 6.46. The maximum Gasteiger partial charge on any atom is 0.251 e. The summed E-state index contributed by atoms with van der Waals surface area (Å²) in [5.74, 6) is -0.0143. The summed E-state index contributed by atoms with van der Waals surface area (Å²) in [6.07, 6.45) is 1.83. The Kier molecular flexibility index (Phi) is 5.36. The third-order valence-corrected chi connectivity index (χ3v) is 5.25. The van der Waals surface area contributed by atoms with E-state index in [0.717, 1.165) is 36.1 Å². The average molecular weight is 388 g/mol. The number of nitrogens with one attached hydrogen (secondary N) is 1. The summed E-state index contributed by atoms with van der Waals surface area (Å²) in [5.41, 5.74) is 2.99. The lowest BCUT2D eigenvalue weighted by molar-refractivity contribution is 0.0487. The fourth-order valence-electron chi connectivity index (χ4n) is 3.29. The van der Waals surface area contributed by atoms with Crippen LogP contribution in [-0.2, 0) is 10.2 Å². The highest BCUT2D eigenvalue weighted by atomic mass is 79.9. The van der Waals surface area contributed by atoms with Crippen LogP contribution in [0.25, 0.3) is 0 Å². The van der Waals surface area contributed by atoms with Gasteiger partial charge in [-0.3, -0.25) is 4.79 Å². The molecule has 2 aromatic carbocycles. The molecule has 3 nitrogen and oxygen atoms in total. The molecule has 1 heterocycles. The van der Waals surface area contributed by atoms with Gasteiger partial charge in [0.1, 0.15) is 0 Å². The van der Waals surface area contributed by atoms with Crippen molar-refractivity contribution in [1.82, 2.24) is 5.32 Å². The lowest BCUT2D eigenvalue weighted by atomic mass is 9.74. The molecule has 0 bridgehead atoms. The van der Waals surface area contributed by atoms with Crippen molar-refractivity contribution < 1.29 is 9.53 Å². The normalized spacial score (nSPS) is 16.6. The van der Waals surface area contributed by atoms with Gasteiger partial charge < -0.3 is 10.1 Å². The van der Waals surface area contributed by atoms with Gasteiger partial charge in [-0.2, -0.15) is 0 Å². The molecule has 0 atom stereocenters. The third kappa shape index (κ3) is 3.87. The molecule has 1 aliphatic heterocycles. The Morgan fingerprint density at radius 2 is 1.92 bits per heavy atom. The van der Waals surface area contributed by atoms with Crippen LogP contribution in [0.5, 0.6) is 0 Å². The predicted molar refractivity (Wildman–Crippen MR) is 99.4 cm³/mol. The maximum atomic E-state index is 12.5. The van der Waals surface area contributed by atoms with Crippen molar-refractivity contribution in [2.24, 2.45) is 0 Å². The van der Waals surface area contributed by atoms with Crippen molar-refractivity contribution in [3.8, 4) is 0 Å². The lowest BCUT2D eigenvalue weighted by Crippen LogP contribution is -2.44. The Morgan fingerprint density at radius 3 is 2.62 bits per heavy atom. The second kappa shape index (κ2) is 7.49. The number of benzene rings is 2.